The van der Waals surface area contributed by atoms with Crippen molar-refractivity contribution in [2.24, 2.45) is 0 Å². The lowest BCUT2D eigenvalue weighted by Crippen LogP contribution is -2.38. The molecular formula is C14H21BrN2O4. The summed E-state index contributed by atoms with van der Waals surface area (Å²) >= 11 is 3.38. The zero-order valence-electron chi connectivity index (χ0n) is 12.4. The average molecular weight is 361 g/mol. The lowest BCUT2D eigenvalue weighted by atomic mass is 10.2. The summed E-state index contributed by atoms with van der Waals surface area (Å²) in [7, 11) is 3.08. The van der Waals surface area contributed by atoms with Crippen molar-refractivity contribution in [3.8, 4) is 11.5 Å². The summed E-state index contributed by atoms with van der Waals surface area (Å²) in [6.07, 6.45) is 1.28. The monoisotopic (exact) mass is 360 g/mol. The van der Waals surface area contributed by atoms with E-state index in [1.807, 2.05) is 6.92 Å². The van der Waals surface area contributed by atoms with E-state index in [2.05, 4.69) is 26.6 Å². The van der Waals surface area contributed by atoms with Gasteiger partial charge in [-0.3, -0.25) is 0 Å². The van der Waals surface area contributed by atoms with Crippen molar-refractivity contribution < 1.29 is 19.4 Å². The number of amides is 2. The Morgan fingerprint density at radius 1 is 1.33 bits per heavy atom. The van der Waals surface area contributed by atoms with Gasteiger partial charge in [0.1, 0.15) is 0 Å². The molecule has 0 fully saturated rings. The number of hydrogen-bond donors (Lipinski definition) is 3. The Bertz CT molecular complexity index is 482. The van der Waals surface area contributed by atoms with E-state index < -0.39 is 0 Å². The third-order valence-corrected chi connectivity index (χ3v) is 3.68. The van der Waals surface area contributed by atoms with Crippen LogP contribution in [-0.2, 0) is 0 Å². The first-order chi connectivity index (χ1) is 10.0. The second-order valence-electron chi connectivity index (χ2n) is 4.40. The van der Waals surface area contributed by atoms with Gasteiger partial charge in [-0.1, -0.05) is 6.92 Å². The molecule has 21 heavy (non-hydrogen) atoms. The fourth-order valence-corrected chi connectivity index (χ4v) is 2.25. The van der Waals surface area contributed by atoms with Gasteiger partial charge in [0, 0.05) is 29.3 Å². The van der Waals surface area contributed by atoms with E-state index in [-0.39, 0.29) is 18.7 Å². The highest BCUT2D eigenvalue weighted by Gasteiger charge is 2.14. The first-order valence-corrected chi connectivity index (χ1v) is 7.44. The lowest BCUT2D eigenvalue weighted by molar-refractivity contribution is 0.237. The van der Waals surface area contributed by atoms with Gasteiger partial charge in [0.25, 0.3) is 0 Å². The fraction of sp³-hybridized carbons (Fsp3) is 0.500. The number of halogens is 1. The number of carbonyl (C=O) groups is 1. The first-order valence-electron chi connectivity index (χ1n) is 6.65. The normalized spacial score (nSPS) is 11.7. The van der Waals surface area contributed by atoms with Crippen LogP contribution in [0.4, 0.5) is 10.5 Å². The molecule has 0 saturated heterocycles. The minimum absolute atomic E-state index is 0.0405. The van der Waals surface area contributed by atoms with E-state index in [9.17, 15) is 4.79 Å². The predicted molar refractivity (Wildman–Crippen MR) is 85.2 cm³/mol. The lowest BCUT2D eigenvalue weighted by Gasteiger charge is -2.17. The van der Waals surface area contributed by atoms with Crippen LogP contribution in [0.3, 0.4) is 0 Å². The number of urea groups is 1. The molecule has 3 N–H and O–H groups in total. The van der Waals surface area contributed by atoms with Gasteiger partial charge >= 0.3 is 6.03 Å². The summed E-state index contributed by atoms with van der Waals surface area (Å²) in [6, 6.07) is 3.01. The van der Waals surface area contributed by atoms with E-state index in [0.29, 0.717) is 28.1 Å². The Morgan fingerprint density at radius 2 is 1.95 bits per heavy atom. The number of aliphatic hydroxyl groups excluding tert-OH is 1. The molecule has 7 heteroatoms. The van der Waals surface area contributed by atoms with Crippen LogP contribution in [0.25, 0.3) is 0 Å². The van der Waals surface area contributed by atoms with Crippen molar-refractivity contribution in [1.29, 1.82) is 0 Å². The zero-order chi connectivity index (χ0) is 15.8. The molecule has 0 aliphatic heterocycles. The predicted octanol–water partition coefficient (Wildman–Crippen LogP) is 2.75. The van der Waals surface area contributed by atoms with Crippen LogP contribution >= 0.6 is 15.9 Å². The van der Waals surface area contributed by atoms with Crippen LogP contribution in [0.2, 0.25) is 0 Å². The van der Waals surface area contributed by atoms with Crippen molar-refractivity contribution in [3.63, 3.8) is 0 Å². The highest BCUT2D eigenvalue weighted by molar-refractivity contribution is 9.10. The quantitative estimate of drug-likeness (QED) is 0.698. The Labute approximate surface area is 133 Å². The zero-order valence-corrected chi connectivity index (χ0v) is 14.0. The molecule has 2 amide bonds. The number of nitrogens with one attached hydrogen (secondary N) is 2. The highest BCUT2D eigenvalue weighted by Crippen LogP contribution is 2.36. The van der Waals surface area contributed by atoms with E-state index in [1.54, 1.807) is 19.2 Å². The molecule has 0 aromatic heterocycles. The van der Waals surface area contributed by atoms with Crippen molar-refractivity contribution in [3.05, 3.63) is 16.6 Å². The Balaban J connectivity index is 2.80. The van der Waals surface area contributed by atoms with E-state index in [0.717, 1.165) is 6.42 Å². The summed E-state index contributed by atoms with van der Waals surface area (Å²) in [5.41, 5.74) is 0.573. The Kier molecular flexibility index (Phi) is 7.31. The number of rotatable bonds is 7. The molecule has 6 nitrogen and oxygen atoms in total. The fourth-order valence-electron chi connectivity index (χ4n) is 1.83. The van der Waals surface area contributed by atoms with Gasteiger partial charge < -0.3 is 25.2 Å². The maximum atomic E-state index is 12.0. The minimum atomic E-state index is -0.330. The van der Waals surface area contributed by atoms with E-state index >= 15 is 0 Å². The molecule has 1 atom stereocenters. The topological polar surface area (TPSA) is 79.8 Å². The number of benzene rings is 1. The summed E-state index contributed by atoms with van der Waals surface area (Å²) < 4.78 is 11.1. The van der Waals surface area contributed by atoms with Gasteiger partial charge in [0.05, 0.1) is 19.9 Å². The molecule has 0 aliphatic carbocycles. The number of hydrogen-bond acceptors (Lipinski definition) is 4. The van der Waals surface area contributed by atoms with Gasteiger partial charge in [-0.25, -0.2) is 4.79 Å². The molecule has 118 valence electrons. The molecule has 1 aromatic rings. The highest BCUT2D eigenvalue weighted by atomic mass is 79.9. The van der Waals surface area contributed by atoms with Crippen LogP contribution in [0.5, 0.6) is 11.5 Å². The Hall–Kier alpha value is -1.47. The second-order valence-corrected chi connectivity index (χ2v) is 5.26. The number of aliphatic hydroxyl groups is 1. The molecule has 0 bridgehead atoms. The first kappa shape index (κ1) is 17.6. The van der Waals surface area contributed by atoms with Gasteiger partial charge in [0.2, 0.25) is 0 Å². The summed E-state index contributed by atoms with van der Waals surface area (Å²) in [5, 5.41) is 14.5. The van der Waals surface area contributed by atoms with Crippen LogP contribution in [0.15, 0.2) is 16.6 Å². The van der Waals surface area contributed by atoms with Gasteiger partial charge in [-0.2, -0.15) is 0 Å². The van der Waals surface area contributed by atoms with Gasteiger partial charge in [-0.05, 0) is 28.8 Å². The SMILES string of the molecule is CCC(CCO)NC(=O)Nc1cc(OC)c(OC)cc1Br. The third-order valence-electron chi connectivity index (χ3n) is 3.03. The van der Waals surface area contributed by atoms with Gasteiger partial charge in [0.15, 0.2) is 11.5 Å². The molecule has 1 unspecified atom stereocenters. The Morgan fingerprint density at radius 3 is 2.48 bits per heavy atom. The maximum Gasteiger partial charge on any atom is 0.319 e. The number of anilines is 1. The van der Waals surface area contributed by atoms with Crippen molar-refractivity contribution in [2.45, 2.75) is 25.8 Å². The third kappa shape index (κ3) is 5.09. The van der Waals surface area contributed by atoms with Crippen molar-refractivity contribution >= 4 is 27.6 Å². The van der Waals surface area contributed by atoms with Crippen LogP contribution in [0, 0.1) is 0 Å². The van der Waals surface area contributed by atoms with E-state index in [1.165, 1.54) is 7.11 Å². The largest absolute Gasteiger partial charge is 0.493 e. The van der Waals surface area contributed by atoms with E-state index in [4.69, 9.17) is 14.6 Å². The number of carbonyl (C=O) groups excluding carboxylic acids is 1. The van der Waals surface area contributed by atoms with Crippen LogP contribution in [-0.4, -0.2) is 38.0 Å². The second kappa shape index (κ2) is 8.74. The molecule has 0 spiro atoms. The van der Waals surface area contributed by atoms with Crippen LogP contribution < -0.4 is 20.1 Å². The smallest absolute Gasteiger partial charge is 0.319 e. The minimum Gasteiger partial charge on any atom is -0.493 e. The summed E-state index contributed by atoms with van der Waals surface area (Å²) in [4.78, 5) is 12.0. The summed E-state index contributed by atoms with van der Waals surface area (Å²) in [6.45, 7) is 1.99. The van der Waals surface area contributed by atoms with Crippen molar-refractivity contribution in [1.82, 2.24) is 5.32 Å². The average Bonchev–Trinajstić information content (AvgIpc) is 2.48. The number of ether oxygens (including phenoxy) is 2. The van der Waals surface area contributed by atoms with Crippen LogP contribution in [0.1, 0.15) is 19.8 Å². The maximum absolute atomic E-state index is 12.0. The molecular weight excluding hydrogens is 340 g/mol. The molecule has 0 aliphatic rings. The molecule has 0 heterocycles. The standard InChI is InChI=1S/C14H21BrN2O4/c1-4-9(5-6-18)16-14(19)17-11-8-13(21-3)12(20-2)7-10(11)15/h7-9,18H,4-6H2,1-3H3,(H2,16,17,19). The molecule has 0 saturated carbocycles. The molecule has 1 aromatic carbocycles. The molecule has 0 radical (unpaired) electrons. The number of methoxy groups -OCH3 is 2. The van der Waals surface area contributed by atoms with Gasteiger partial charge in [-0.15, -0.1) is 0 Å². The molecule has 1 rings (SSSR count). The van der Waals surface area contributed by atoms with Crippen molar-refractivity contribution in [2.75, 3.05) is 26.1 Å². The summed E-state index contributed by atoms with van der Waals surface area (Å²) in [5.74, 6) is 1.10.